The maximum Gasteiger partial charge on any atom is 0.434 e. The van der Waals surface area contributed by atoms with Crippen LogP contribution in [0.4, 0.5) is 13.2 Å². The highest BCUT2D eigenvalue weighted by Crippen LogP contribution is 2.30. The fraction of sp³-hybridized carbons (Fsp3) is 0.444. The van der Waals surface area contributed by atoms with E-state index in [1.165, 1.54) is 0 Å². The van der Waals surface area contributed by atoms with Gasteiger partial charge in [-0.25, -0.2) is 4.98 Å². The third-order valence-electron chi connectivity index (χ3n) is 4.61. The molecule has 3 rings (SSSR count). The molecule has 0 aliphatic carbocycles. The van der Waals surface area contributed by atoms with Crippen molar-refractivity contribution in [2.24, 2.45) is 11.7 Å². The van der Waals surface area contributed by atoms with Crippen LogP contribution in [0.1, 0.15) is 33.9 Å². The van der Waals surface area contributed by atoms with Gasteiger partial charge in [-0.15, -0.1) is 0 Å². The fourth-order valence-corrected chi connectivity index (χ4v) is 3.44. The minimum atomic E-state index is -4.40. The van der Waals surface area contributed by atoms with Crippen LogP contribution in [-0.2, 0) is 25.7 Å². The number of hydrogen-bond acceptors (Lipinski definition) is 3. The summed E-state index contributed by atoms with van der Waals surface area (Å²) in [5.41, 5.74) is 5.93. The Morgan fingerprint density at radius 3 is 2.88 bits per heavy atom. The molecule has 2 N–H and O–H groups in total. The smallest absolute Gasteiger partial charge is 0.366 e. The molecule has 0 radical (unpaired) electrons. The molecular formula is C18H21F3N4O. The Morgan fingerprint density at radius 2 is 2.19 bits per heavy atom. The summed E-state index contributed by atoms with van der Waals surface area (Å²) in [4.78, 5) is 17.1. The number of nitrogens with zero attached hydrogens (tertiary/aromatic N) is 3. The van der Waals surface area contributed by atoms with Crippen molar-refractivity contribution in [2.45, 2.75) is 32.1 Å². The molecule has 0 saturated heterocycles. The van der Waals surface area contributed by atoms with Crippen molar-refractivity contribution in [1.82, 2.24) is 14.5 Å². The molecule has 26 heavy (non-hydrogen) atoms. The number of amides is 1. The molecule has 140 valence electrons. The summed E-state index contributed by atoms with van der Waals surface area (Å²) >= 11 is 0. The summed E-state index contributed by atoms with van der Waals surface area (Å²) < 4.78 is 40.0. The molecule has 0 bridgehead atoms. The standard InChI is InChI=1S/C18H21F3N4O/c1-24(8-12-3-2-4-14(7-12)17(22)26)9-13-5-6-16-23-15(18(19,20)21)11-25(16)10-13/h2-4,7,11,13H,5-6,8-10H2,1H3,(H2,22,26)/t13-/m1/s1. The number of carbonyl (C=O) groups excluding carboxylic acids is 1. The Hall–Kier alpha value is -2.35. The molecule has 0 unspecified atom stereocenters. The predicted molar refractivity (Wildman–Crippen MR) is 90.3 cm³/mol. The Kier molecular flexibility index (Phi) is 5.04. The summed E-state index contributed by atoms with van der Waals surface area (Å²) in [7, 11) is 1.96. The van der Waals surface area contributed by atoms with E-state index in [-0.39, 0.29) is 5.92 Å². The maximum absolute atomic E-state index is 12.8. The van der Waals surface area contributed by atoms with Gasteiger partial charge in [0.2, 0.25) is 5.91 Å². The lowest BCUT2D eigenvalue weighted by Gasteiger charge is -2.28. The number of fused-ring (bicyclic) bond motifs is 1. The molecule has 0 saturated carbocycles. The van der Waals surface area contributed by atoms with Gasteiger partial charge in [0.15, 0.2) is 5.69 Å². The predicted octanol–water partition coefficient (Wildman–Crippen LogP) is 2.70. The van der Waals surface area contributed by atoms with Gasteiger partial charge in [-0.3, -0.25) is 4.79 Å². The summed E-state index contributed by atoms with van der Waals surface area (Å²) in [5.74, 6) is 0.294. The van der Waals surface area contributed by atoms with Gasteiger partial charge in [0.05, 0.1) is 0 Å². The van der Waals surface area contributed by atoms with Gasteiger partial charge >= 0.3 is 6.18 Å². The molecule has 1 atom stereocenters. The van der Waals surface area contributed by atoms with E-state index in [0.29, 0.717) is 30.9 Å². The number of carbonyl (C=O) groups is 1. The third kappa shape index (κ3) is 4.24. The molecule has 1 amide bonds. The van der Waals surface area contributed by atoms with Gasteiger partial charge in [-0.1, -0.05) is 12.1 Å². The maximum atomic E-state index is 12.8. The first kappa shape index (κ1) is 18.4. The average Bonchev–Trinajstić information content (AvgIpc) is 2.98. The second kappa shape index (κ2) is 7.11. The van der Waals surface area contributed by atoms with Gasteiger partial charge in [0.1, 0.15) is 5.82 Å². The van der Waals surface area contributed by atoms with Crippen LogP contribution in [0.25, 0.3) is 0 Å². The third-order valence-corrected chi connectivity index (χ3v) is 4.61. The van der Waals surface area contributed by atoms with Crippen LogP contribution in [0, 0.1) is 5.92 Å². The van der Waals surface area contributed by atoms with Crippen LogP contribution in [0.5, 0.6) is 0 Å². The molecule has 1 aromatic heterocycles. The molecule has 8 heteroatoms. The molecule has 1 aliphatic rings. The summed E-state index contributed by atoms with van der Waals surface area (Å²) in [6.45, 7) is 1.92. The van der Waals surface area contributed by atoms with Gasteiger partial charge in [0.25, 0.3) is 0 Å². The first-order valence-electron chi connectivity index (χ1n) is 8.43. The number of hydrogen-bond donors (Lipinski definition) is 1. The van der Waals surface area contributed by atoms with E-state index < -0.39 is 17.8 Å². The number of benzene rings is 1. The van der Waals surface area contributed by atoms with E-state index in [9.17, 15) is 18.0 Å². The van der Waals surface area contributed by atoms with E-state index >= 15 is 0 Å². The minimum absolute atomic E-state index is 0.252. The molecule has 1 aromatic carbocycles. The number of aromatic nitrogens is 2. The fourth-order valence-electron chi connectivity index (χ4n) is 3.44. The highest BCUT2D eigenvalue weighted by atomic mass is 19.4. The number of halogens is 3. The lowest BCUT2D eigenvalue weighted by Crippen LogP contribution is -2.31. The van der Waals surface area contributed by atoms with Crippen LogP contribution in [0.2, 0.25) is 0 Å². The zero-order valence-electron chi connectivity index (χ0n) is 14.5. The Balaban J connectivity index is 1.60. The number of primary amides is 1. The van der Waals surface area contributed by atoms with E-state index in [4.69, 9.17) is 5.73 Å². The summed E-state index contributed by atoms with van der Waals surface area (Å²) in [6.07, 6.45) is -1.94. The zero-order valence-corrected chi connectivity index (χ0v) is 14.5. The molecule has 5 nitrogen and oxygen atoms in total. The highest BCUT2D eigenvalue weighted by Gasteiger charge is 2.35. The van der Waals surface area contributed by atoms with Gasteiger partial charge in [-0.2, -0.15) is 13.2 Å². The number of nitrogens with two attached hydrogens (primary N) is 1. The van der Waals surface area contributed by atoms with Crippen molar-refractivity contribution < 1.29 is 18.0 Å². The lowest BCUT2D eigenvalue weighted by molar-refractivity contribution is -0.141. The summed E-state index contributed by atoms with van der Waals surface area (Å²) in [6, 6.07) is 7.16. The molecule has 0 spiro atoms. The first-order valence-corrected chi connectivity index (χ1v) is 8.43. The first-order chi connectivity index (χ1) is 12.2. The van der Waals surface area contributed by atoms with Crippen molar-refractivity contribution in [3.8, 4) is 0 Å². The Morgan fingerprint density at radius 1 is 1.42 bits per heavy atom. The summed E-state index contributed by atoms with van der Waals surface area (Å²) in [5, 5.41) is 0. The van der Waals surface area contributed by atoms with Crippen molar-refractivity contribution >= 4 is 5.91 Å². The van der Waals surface area contributed by atoms with Crippen molar-refractivity contribution in [3.63, 3.8) is 0 Å². The normalized spacial score (nSPS) is 17.3. The van der Waals surface area contributed by atoms with Crippen LogP contribution in [0.3, 0.4) is 0 Å². The van der Waals surface area contributed by atoms with E-state index in [1.54, 1.807) is 22.8 Å². The monoisotopic (exact) mass is 366 g/mol. The molecule has 2 aromatic rings. The number of imidazole rings is 1. The second-order valence-corrected chi connectivity index (χ2v) is 6.86. The van der Waals surface area contributed by atoms with Gasteiger partial charge in [-0.05, 0) is 37.1 Å². The van der Waals surface area contributed by atoms with Crippen LogP contribution >= 0.6 is 0 Å². The van der Waals surface area contributed by atoms with Gasteiger partial charge < -0.3 is 15.2 Å². The number of rotatable bonds is 5. The van der Waals surface area contributed by atoms with E-state index in [2.05, 4.69) is 9.88 Å². The average molecular weight is 366 g/mol. The molecular weight excluding hydrogens is 345 g/mol. The molecule has 0 fully saturated rings. The van der Waals surface area contributed by atoms with E-state index in [0.717, 1.165) is 24.7 Å². The zero-order chi connectivity index (χ0) is 18.9. The van der Waals surface area contributed by atoms with Crippen molar-refractivity contribution in [3.05, 3.63) is 53.1 Å². The van der Waals surface area contributed by atoms with Crippen molar-refractivity contribution in [2.75, 3.05) is 13.6 Å². The topological polar surface area (TPSA) is 64.2 Å². The van der Waals surface area contributed by atoms with E-state index in [1.807, 2.05) is 13.1 Å². The Labute approximate surface area is 149 Å². The second-order valence-electron chi connectivity index (χ2n) is 6.86. The SMILES string of the molecule is CN(Cc1cccc(C(N)=O)c1)C[C@H]1CCc2nc(C(F)(F)F)cn2C1. The van der Waals surface area contributed by atoms with Crippen molar-refractivity contribution in [1.29, 1.82) is 0 Å². The quantitative estimate of drug-likeness (QED) is 0.885. The van der Waals surface area contributed by atoms with Crippen LogP contribution < -0.4 is 5.73 Å². The largest absolute Gasteiger partial charge is 0.434 e. The number of alkyl halides is 3. The highest BCUT2D eigenvalue weighted by molar-refractivity contribution is 5.92. The molecule has 2 heterocycles. The lowest BCUT2D eigenvalue weighted by atomic mass is 9.98. The van der Waals surface area contributed by atoms with Gasteiger partial charge in [0, 0.05) is 37.8 Å². The van der Waals surface area contributed by atoms with Crippen LogP contribution in [0.15, 0.2) is 30.5 Å². The minimum Gasteiger partial charge on any atom is -0.366 e. The van der Waals surface area contributed by atoms with Crippen LogP contribution in [-0.4, -0.2) is 34.0 Å². The number of aryl methyl sites for hydroxylation is 1. The molecule has 1 aliphatic heterocycles. The Bertz CT molecular complexity index is 800.